The number of nitrogens with one attached hydrogen (secondary N) is 2. The minimum atomic E-state index is -5.12. The molecule has 1 fully saturated rings. The number of amides is 3. The maximum absolute atomic E-state index is 12.8. The van der Waals surface area contributed by atoms with Crippen molar-refractivity contribution in [3.8, 4) is 0 Å². The molecule has 0 aromatic carbocycles. The van der Waals surface area contributed by atoms with Crippen LogP contribution in [0, 0.1) is 0 Å². The van der Waals surface area contributed by atoms with Gasteiger partial charge < -0.3 is 25.0 Å². The maximum Gasteiger partial charge on any atom is 0.471 e. The van der Waals surface area contributed by atoms with Crippen LogP contribution in [0.2, 0.25) is 0 Å². The molecule has 1 aliphatic heterocycles. The first kappa shape index (κ1) is 22.8. The van der Waals surface area contributed by atoms with E-state index in [9.17, 15) is 27.6 Å². The molecule has 11 heteroatoms. The van der Waals surface area contributed by atoms with Crippen molar-refractivity contribution in [2.45, 2.75) is 77.5 Å². The van der Waals surface area contributed by atoms with Gasteiger partial charge in [-0.1, -0.05) is 0 Å². The Kier molecular flexibility index (Phi) is 6.61. The Morgan fingerprint density at radius 1 is 0.889 bits per heavy atom. The molecule has 1 heterocycles. The Morgan fingerprint density at radius 2 is 1.33 bits per heavy atom. The first-order valence-electron chi connectivity index (χ1n) is 8.35. The summed E-state index contributed by atoms with van der Waals surface area (Å²) in [4.78, 5) is 35.8. The molecule has 3 amide bonds. The summed E-state index contributed by atoms with van der Waals surface area (Å²) in [7, 11) is 0. The Morgan fingerprint density at radius 3 is 1.74 bits per heavy atom. The van der Waals surface area contributed by atoms with Crippen molar-refractivity contribution in [1.29, 1.82) is 0 Å². The zero-order valence-corrected chi connectivity index (χ0v) is 16.2. The minimum absolute atomic E-state index is 0.125. The number of carbonyl (C=O) groups excluding carboxylic acids is 3. The molecule has 0 aliphatic carbocycles. The fourth-order valence-corrected chi connectivity index (χ4v) is 2.38. The van der Waals surface area contributed by atoms with E-state index in [1.54, 1.807) is 41.5 Å². The molecule has 0 radical (unpaired) electrons. The smallest absolute Gasteiger partial charge is 0.444 e. The number of hydrogen-bond donors (Lipinski definition) is 2. The minimum Gasteiger partial charge on any atom is -0.444 e. The SMILES string of the molecule is CC(C)(C)OC(=O)N[C@H]1C[C@H](NC(=O)OC(C)(C)C)N(C(=O)C(F)(F)F)C1. The number of nitrogens with zero attached hydrogens (tertiary/aromatic N) is 1. The zero-order chi connectivity index (χ0) is 21.2. The molecule has 0 saturated carbocycles. The molecule has 1 rings (SSSR count). The highest BCUT2D eigenvalue weighted by Gasteiger charge is 2.49. The molecule has 1 aliphatic rings. The summed E-state index contributed by atoms with van der Waals surface area (Å²) in [6.45, 7) is 9.24. The van der Waals surface area contributed by atoms with Crippen molar-refractivity contribution in [2.75, 3.05) is 6.54 Å². The highest BCUT2D eigenvalue weighted by molar-refractivity contribution is 5.83. The van der Waals surface area contributed by atoms with E-state index in [-0.39, 0.29) is 6.42 Å². The Hall–Kier alpha value is -2.20. The summed E-state index contributed by atoms with van der Waals surface area (Å²) in [6.07, 6.45) is -8.32. The summed E-state index contributed by atoms with van der Waals surface area (Å²) in [6, 6.07) is -0.828. The average molecular weight is 397 g/mol. The van der Waals surface area contributed by atoms with Crippen LogP contribution in [0.5, 0.6) is 0 Å². The van der Waals surface area contributed by atoms with E-state index in [0.717, 1.165) is 0 Å². The Balaban J connectivity index is 2.86. The van der Waals surface area contributed by atoms with Gasteiger partial charge in [0.15, 0.2) is 0 Å². The van der Waals surface area contributed by atoms with Crippen LogP contribution < -0.4 is 10.6 Å². The fourth-order valence-electron chi connectivity index (χ4n) is 2.38. The van der Waals surface area contributed by atoms with E-state index in [1.165, 1.54) is 0 Å². The molecule has 27 heavy (non-hydrogen) atoms. The van der Waals surface area contributed by atoms with Gasteiger partial charge in [0.2, 0.25) is 0 Å². The van der Waals surface area contributed by atoms with Gasteiger partial charge in [0.25, 0.3) is 0 Å². The second-order valence-electron chi connectivity index (χ2n) is 8.20. The van der Waals surface area contributed by atoms with Crippen LogP contribution in [-0.2, 0) is 14.3 Å². The third-order valence-electron chi connectivity index (χ3n) is 3.21. The van der Waals surface area contributed by atoms with Gasteiger partial charge in [-0.2, -0.15) is 13.2 Å². The largest absolute Gasteiger partial charge is 0.471 e. The van der Waals surface area contributed by atoms with Crippen molar-refractivity contribution in [3.05, 3.63) is 0 Å². The summed E-state index contributed by atoms with van der Waals surface area (Å²) in [5, 5.41) is 4.65. The molecule has 0 spiro atoms. The monoisotopic (exact) mass is 397 g/mol. The summed E-state index contributed by atoms with van der Waals surface area (Å²) < 4.78 is 48.6. The first-order valence-corrected chi connectivity index (χ1v) is 8.35. The number of halogens is 3. The quantitative estimate of drug-likeness (QED) is 0.746. The van der Waals surface area contributed by atoms with Crippen molar-refractivity contribution in [1.82, 2.24) is 15.5 Å². The van der Waals surface area contributed by atoms with E-state index < -0.39 is 54.2 Å². The number of alkyl carbamates (subject to hydrolysis) is 2. The van der Waals surface area contributed by atoms with Crippen LogP contribution in [0.4, 0.5) is 22.8 Å². The number of hydrogen-bond acceptors (Lipinski definition) is 5. The third kappa shape index (κ3) is 7.92. The molecular weight excluding hydrogens is 371 g/mol. The van der Waals surface area contributed by atoms with Gasteiger partial charge in [-0.25, -0.2) is 9.59 Å². The van der Waals surface area contributed by atoms with Gasteiger partial charge in [-0.15, -0.1) is 0 Å². The standard InChI is InChI=1S/C16H26F3N3O5/c1-14(2,3)26-12(24)20-9-7-10(21-13(25)27-15(4,5)6)22(8-9)11(23)16(17,18)19/h9-10H,7-8H2,1-6H3,(H,20,24)(H,21,25)/t9-,10+/m0/s1. The lowest BCUT2D eigenvalue weighted by Crippen LogP contribution is -2.52. The molecule has 0 aromatic heterocycles. The molecule has 156 valence electrons. The van der Waals surface area contributed by atoms with Crippen molar-refractivity contribution in [3.63, 3.8) is 0 Å². The number of ether oxygens (including phenoxy) is 2. The van der Waals surface area contributed by atoms with Crippen LogP contribution in [0.15, 0.2) is 0 Å². The highest BCUT2D eigenvalue weighted by atomic mass is 19.4. The molecule has 0 unspecified atom stereocenters. The van der Waals surface area contributed by atoms with E-state index in [4.69, 9.17) is 9.47 Å². The number of rotatable bonds is 2. The van der Waals surface area contributed by atoms with Gasteiger partial charge >= 0.3 is 24.3 Å². The number of carbonyl (C=O) groups is 3. The van der Waals surface area contributed by atoms with Gasteiger partial charge in [-0.05, 0) is 41.5 Å². The second-order valence-corrected chi connectivity index (χ2v) is 8.20. The van der Waals surface area contributed by atoms with Crippen LogP contribution in [0.25, 0.3) is 0 Å². The van der Waals surface area contributed by atoms with Crippen molar-refractivity contribution >= 4 is 18.1 Å². The van der Waals surface area contributed by atoms with E-state index >= 15 is 0 Å². The number of alkyl halides is 3. The Bertz CT molecular complexity index is 581. The van der Waals surface area contributed by atoms with Gasteiger partial charge in [-0.3, -0.25) is 4.79 Å². The fraction of sp³-hybridized carbons (Fsp3) is 0.812. The summed E-state index contributed by atoms with van der Waals surface area (Å²) in [5.74, 6) is -2.11. The maximum atomic E-state index is 12.8. The predicted molar refractivity (Wildman–Crippen MR) is 88.7 cm³/mol. The van der Waals surface area contributed by atoms with E-state index in [2.05, 4.69) is 10.6 Å². The van der Waals surface area contributed by atoms with Gasteiger partial charge in [0.05, 0.1) is 6.04 Å². The molecule has 2 N–H and O–H groups in total. The van der Waals surface area contributed by atoms with Crippen LogP contribution in [-0.4, -0.2) is 59.1 Å². The molecule has 8 nitrogen and oxygen atoms in total. The molecule has 1 saturated heterocycles. The topological polar surface area (TPSA) is 97.0 Å². The normalized spacial score (nSPS) is 20.9. The Labute approximate surface area is 155 Å². The summed E-state index contributed by atoms with van der Waals surface area (Å²) in [5.41, 5.74) is -1.66. The number of likely N-dealkylation sites (tertiary alicyclic amines) is 1. The first-order chi connectivity index (χ1) is 12.0. The molecule has 0 aromatic rings. The van der Waals surface area contributed by atoms with E-state index in [1.807, 2.05) is 0 Å². The van der Waals surface area contributed by atoms with Crippen LogP contribution in [0.3, 0.4) is 0 Å². The van der Waals surface area contributed by atoms with Crippen LogP contribution >= 0.6 is 0 Å². The lowest BCUT2D eigenvalue weighted by atomic mass is 10.2. The van der Waals surface area contributed by atoms with Gasteiger partial charge in [0.1, 0.15) is 17.4 Å². The molecule has 2 atom stereocenters. The zero-order valence-electron chi connectivity index (χ0n) is 16.2. The third-order valence-corrected chi connectivity index (χ3v) is 3.21. The van der Waals surface area contributed by atoms with Crippen LogP contribution in [0.1, 0.15) is 48.0 Å². The lowest BCUT2D eigenvalue weighted by Gasteiger charge is -2.27. The second kappa shape index (κ2) is 7.81. The molecular formula is C16H26F3N3O5. The average Bonchev–Trinajstić information content (AvgIpc) is 2.73. The molecule has 0 bridgehead atoms. The highest BCUT2D eigenvalue weighted by Crippen LogP contribution is 2.25. The van der Waals surface area contributed by atoms with Gasteiger partial charge in [0, 0.05) is 13.0 Å². The summed E-state index contributed by atoms with van der Waals surface area (Å²) >= 11 is 0. The van der Waals surface area contributed by atoms with Crippen molar-refractivity contribution in [2.24, 2.45) is 0 Å². The predicted octanol–water partition coefficient (Wildman–Crippen LogP) is 2.53. The lowest BCUT2D eigenvalue weighted by molar-refractivity contribution is -0.186. The van der Waals surface area contributed by atoms with E-state index in [0.29, 0.717) is 4.90 Å². The van der Waals surface area contributed by atoms with Crippen molar-refractivity contribution < 1.29 is 37.0 Å².